The third-order valence-corrected chi connectivity index (χ3v) is 6.23. The van der Waals surface area contributed by atoms with E-state index in [1.807, 2.05) is 0 Å². The van der Waals surface area contributed by atoms with Gasteiger partial charge in [-0.3, -0.25) is 14.3 Å². The first-order valence-corrected chi connectivity index (χ1v) is 11.1. The summed E-state index contributed by atoms with van der Waals surface area (Å²) in [6.07, 6.45) is 1.25. The van der Waals surface area contributed by atoms with E-state index in [1.54, 1.807) is 48.4 Å². The van der Waals surface area contributed by atoms with Crippen LogP contribution in [-0.2, 0) is 26.0 Å². The molecule has 1 aliphatic rings. The van der Waals surface area contributed by atoms with Crippen molar-refractivity contribution in [2.45, 2.75) is 24.7 Å². The number of para-hydroxylation sites is 1. The molecule has 2 amide bonds. The van der Waals surface area contributed by atoms with Crippen molar-refractivity contribution in [3.8, 4) is 0 Å². The van der Waals surface area contributed by atoms with E-state index in [0.29, 0.717) is 32.5 Å². The number of anilines is 2. The summed E-state index contributed by atoms with van der Waals surface area (Å²) in [6.45, 7) is 2.96. The van der Waals surface area contributed by atoms with Crippen LogP contribution in [0.5, 0.6) is 0 Å². The summed E-state index contributed by atoms with van der Waals surface area (Å²) in [5.74, 6) is -0.441. The van der Waals surface area contributed by atoms with Gasteiger partial charge in [-0.1, -0.05) is 12.1 Å². The fourth-order valence-corrected chi connectivity index (χ4v) is 4.49. The zero-order chi connectivity index (χ0) is 21.7. The average Bonchev–Trinajstić information content (AvgIpc) is 3.15. The number of fused-ring (bicyclic) bond motifs is 1. The monoisotopic (exact) mass is 431 g/mol. The van der Waals surface area contributed by atoms with Crippen molar-refractivity contribution >= 4 is 33.2 Å². The topological polar surface area (TPSA) is 105 Å². The van der Waals surface area contributed by atoms with Crippen LogP contribution in [0.2, 0.25) is 0 Å². The summed E-state index contributed by atoms with van der Waals surface area (Å²) in [6, 6.07) is 11.1. The normalized spacial score (nSPS) is 13.1. The predicted molar refractivity (Wildman–Crippen MR) is 114 cm³/mol. The third kappa shape index (κ3) is 4.80. The molecule has 2 N–H and O–H groups in total. The lowest BCUT2D eigenvalue weighted by Gasteiger charge is -2.16. The number of benzene rings is 2. The van der Waals surface area contributed by atoms with Gasteiger partial charge < -0.3 is 15.0 Å². The Morgan fingerprint density at radius 2 is 1.93 bits per heavy atom. The smallest absolute Gasteiger partial charge is 0.261 e. The molecule has 2 aromatic carbocycles. The Kier molecular flexibility index (Phi) is 6.73. The molecular formula is C21H25N3O5S. The SMILES string of the molecule is COCCCNC(=O)c1ccccc1NS(=O)(=O)c1ccc2c(c1)CCN2C(C)=O. The first-order chi connectivity index (χ1) is 14.3. The van der Waals surface area contributed by atoms with Crippen LogP contribution in [0, 0.1) is 0 Å². The molecule has 0 spiro atoms. The highest BCUT2D eigenvalue weighted by atomic mass is 32.2. The number of ether oxygens (including phenoxy) is 1. The highest BCUT2D eigenvalue weighted by Gasteiger charge is 2.25. The van der Waals surface area contributed by atoms with Crippen molar-refractivity contribution in [2.75, 3.05) is 36.4 Å². The molecule has 160 valence electrons. The fourth-order valence-electron chi connectivity index (χ4n) is 3.36. The molecule has 30 heavy (non-hydrogen) atoms. The lowest BCUT2D eigenvalue weighted by atomic mass is 10.1. The Balaban J connectivity index is 1.80. The van der Waals surface area contributed by atoms with Crippen LogP contribution in [0.4, 0.5) is 11.4 Å². The predicted octanol–water partition coefficient (Wildman–Crippen LogP) is 2.16. The Labute approximate surface area is 176 Å². The molecule has 0 aliphatic carbocycles. The van der Waals surface area contributed by atoms with E-state index >= 15 is 0 Å². The molecule has 3 rings (SSSR count). The number of amides is 2. The first-order valence-electron chi connectivity index (χ1n) is 9.63. The van der Waals surface area contributed by atoms with E-state index in [9.17, 15) is 18.0 Å². The van der Waals surface area contributed by atoms with Gasteiger partial charge in [0.15, 0.2) is 0 Å². The van der Waals surface area contributed by atoms with Gasteiger partial charge in [-0.2, -0.15) is 0 Å². The third-order valence-electron chi connectivity index (χ3n) is 4.86. The molecule has 1 aliphatic heterocycles. The van der Waals surface area contributed by atoms with E-state index < -0.39 is 10.0 Å². The Bertz CT molecular complexity index is 1050. The van der Waals surface area contributed by atoms with Crippen molar-refractivity contribution in [1.82, 2.24) is 5.32 Å². The Morgan fingerprint density at radius 1 is 1.17 bits per heavy atom. The molecule has 8 nitrogen and oxygen atoms in total. The van der Waals surface area contributed by atoms with E-state index in [2.05, 4.69) is 10.0 Å². The molecule has 2 aromatic rings. The number of rotatable bonds is 8. The molecule has 9 heteroatoms. The number of nitrogens with zero attached hydrogens (tertiary/aromatic N) is 1. The fraction of sp³-hybridized carbons (Fsp3) is 0.333. The number of hydrogen-bond acceptors (Lipinski definition) is 5. The van der Waals surface area contributed by atoms with Crippen molar-refractivity contribution in [1.29, 1.82) is 0 Å². The summed E-state index contributed by atoms with van der Waals surface area (Å²) < 4.78 is 33.4. The van der Waals surface area contributed by atoms with E-state index in [-0.39, 0.29) is 28.0 Å². The number of carbonyl (C=O) groups is 2. The standard InChI is InChI=1S/C21H25N3O5S/c1-15(25)24-12-10-16-14-17(8-9-20(16)24)30(27,28)23-19-7-4-3-6-18(19)21(26)22-11-5-13-29-2/h3-4,6-9,14,23H,5,10-13H2,1-2H3,(H,22,26). The minimum absolute atomic E-state index is 0.0760. The van der Waals surface area contributed by atoms with Gasteiger partial charge in [0.25, 0.3) is 15.9 Å². The molecule has 0 bridgehead atoms. The zero-order valence-corrected chi connectivity index (χ0v) is 17.8. The molecular weight excluding hydrogens is 406 g/mol. The highest BCUT2D eigenvalue weighted by molar-refractivity contribution is 7.92. The van der Waals surface area contributed by atoms with E-state index in [1.165, 1.54) is 13.0 Å². The molecule has 1 heterocycles. The van der Waals surface area contributed by atoms with Crippen LogP contribution in [0.1, 0.15) is 29.3 Å². The van der Waals surface area contributed by atoms with Gasteiger partial charge in [0.1, 0.15) is 0 Å². The maximum atomic E-state index is 13.0. The van der Waals surface area contributed by atoms with Crippen molar-refractivity contribution in [3.63, 3.8) is 0 Å². The molecule has 0 saturated carbocycles. The summed E-state index contributed by atoms with van der Waals surface area (Å²) in [5.41, 5.74) is 1.98. The van der Waals surface area contributed by atoms with Crippen LogP contribution < -0.4 is 14.9 Å². The summed E-state index contributed by atoms with van der Waals surface area (Å²) in [7, 11) is -2.33. The first kappa shape index (κ1) is 21.8. The van der Waals surface area contributed by atoms with E-state index in [4.69, 9.17) is 4.74 Å². The second-order valence-electron chi connectivity index (χ2n) is 6.96. The van der Waals surface area contributed by atoms with Crippen LogP contribution in [0.25, 0.3) is 0 Å². The zero-order valence-electron chi connectivity index (χ0n) is 17.0. The van der Waals surface area contributed by atoms with Gasteiger partial charge in [-0.05, 0) is 48.7 Å². The van der Waals surface area contributed by atoms with Gasteiger partial charge in [-0.25, -0.2) is 8.42 Å². The minimum Gasteiger partial charge on any atom is -0.385 e. The highest BCUT2D eigenvalue weighted by Crippen LogP contribution is 2.31. The lowest BCUT2D eigenvalue weighted by Crippen LogP contribution is -2.27. The number of methoxy groups -OCH3 is 1. The van der Waals surface area contributed by atoms with Crippen LogP contribution >= 0.6 is 0 Å². The number of sulfonamides is 1. The van der Waals surface area contributed by atoms with Gasteiger partial charge in [0, 0.05) is 39.4 Å². The molecule has 0 unspecified atom stereocenters. The summed E-state index contributed by atoms with van der Waals surface area (Å²) in [5, 5.41) is 2.76. The van der Waals surface area contributed by atoms with Crippen molar-refractivity contribution in [3.05, 3.63) is 53.6 Å². The van der Waals surface area contributed by atoms with Crippen LogP contribution in [0.15, 0.2) is 47.4 Å². The van der Waals surface area contributed by atoms with Gasteiger partial charge in [-0.15, -0.1) is 0 Å². The average molecular weight is 432 g/mol. The number of carbonyl (C=O) groups excluding carboxylic acids is 2. The molecule has 0 saturated heterocycles. The summed E-state index contributed by atoms with van der Waals surface area (Å²) in [4.78, 5) is 25.9. The second kappa shape index (κ2) is 9.27. The Hall–Kier alpha value is -2.91. The van der Waals surface area contributed by atoms with Crippen molar-refractivity contribution in [2.24, 2.45) is 0 Å². The lowest BCUT2D eigenvalue weighted by molar-refractivity contribution is -0.116. The molecule has 0 radical (unpaired) electrons. The van der Waals surface area contributed by atoms with Gasteiger partial charge in [0.2, 0.25) is 5.91 Å². The number of hydrogen-bond donors (Lipinski definition) is 2. The van der Waals surface area contributed by atoms with Gasteiger partial charge in [0.05, 0.1) is 16.1 Å². The molecule has 0 aromatic heterocycles. The number of nitrogens with one attached hydrogen (secondary N) is 2. The maximum Gasteiger partial charge on any atom is 0.261 e. The Morgan fingerprint density at radius 3 is 2.67 bits per heavy atom. The van der Waals surface area contributed by atoms with Crippen LogP contribution in [0.3, 0.4) is 0 Å². The van der Waals surface area contributed by atoms with E-state index in [0.717, 1.165) is 11.3 Å². The minimum atomic E-state index is -3.91. The summed E-state index contributed by atoms with van der Waals surface area (Å²) >= 11 is 0. The maximum absolute atomic E-state index is 13.0. The largest absolute Gasteiger partial charge is 0.385 e. The molecule has 0 atom stereocenters. The van der Waals surface area contributed by atoms with Gasteiger partial charge >= 0.3 is 0 Å². The second-order valence-corrected chi connectivity index (χ2v) is 8.65. The molecule has 0 fully saturated rings. The quantitative estimate of drug-likeness (QED) is 0.623. The van der Waals surface area contributed by atoms with Crippen LogP contribution in [-0.4, -0.2) is 47.0 Å². The van der Waals surface area contributed by atoms with Crippen molar-refractivity contribution < 1.29 is 22.7 Å².